The Labute approximate surface area is 290 Å². The smallest absolute Gasteiger partial charge is 0.0558 e. The molecule has 0 heterocycles. The molecule has 0 aromatic heterocycles. The summed E-state index contributed by atoms with van der Waals surface area (Å²) in [5.74, 6) is 0. The lowest BCUT2D eigenvalue weighted by atomic mass is 10.1. The zero-order valence-electron chi connectivity index (χ0n) is 31.7. The molecule has 0 aliphatic heterocycles. The Balaban J connectivity index is 3.40. The van der Waals surface area contributed by atoms with E-state index >= 15 is 0 Å². The quantitative estimate of drug-likeness (QED) is 0.0457. The molecular weight excluding hydrogens is 562 g/mol. The van der Waals surface area contributed by atoms with Gasteiger partial charge in [-0.15, -0.1) is 0 Å². The summed E-state index contributed by atoms with van der Waals surface area (Å²) in [5, 5.41) is 16.7. The molecular formula is C42H85N3O. The molecule has 0 bridgehead atoms. The van der Waals surface area contributed by atoms with Crippen LogP contribution in [-0.2, 0) is 0 Å². The van der Waals surface area contributed by atoms with Crippen LogP contribution in [0.2, 0.25) is 0 Å². The standard InChI is InChI=1S/C42H85N3O/c1-3-5-7-9-11-13-15-17-19-21-23-25-27-29-31-33-35-43-37-39-45(41-42-46)40-38-44-36-34-32-30-28-26-24-22-20-18-16-14-12-10-8-6-4-2/h17-20,43-44,46H,3-16,21-42H2,1-2H3/b19-17-,20-18-. The Morgan fingerprint density at radius 3 is 1.00 bits per heavy atom. The molecule has 4 heteroatoms. The van der Waals surface area contributed by atoms with Crippen LogP contribution >= 0.6 is 0 Å². The molecule has 274 valence electrons. The highest BCUT2D eigenvalue weighted by molar-refractivity contribution is 4.82. The number of unbranched alkanes of at least 4 members (excludes halogenated alkanes) is 24. The first-order valence-electron chi connectivity index (χ1n) is 20.9. The topological polar surface area (TPSA) is 47.5 Å². The Hall–Kier alpha value is -0.680. The normalized spacial score (nSPS) is 12.1. The third-order valence-electron chi connectivity index (χ3n) is 9.36. The van der Waals surface area contributed by atoms with Gasteiger partial charge in [0.1, 0.15) is 0 Å². The number of allylic oxidation sites excluding steroid dienone is 4. The summed E-state index contributed by atoms with van der Waals surface area (Å²) in [4.78, 5) is 2.39. The van der Waals surface area contributed by atoms with Crippen LogP contribution < -0.4 is 10.6 Å². The van der Waals surface area contributed by atoms with Crippen molar-refractivity contribution >= 4 is 0 Å². The third kappa shape index (κ3) is 39.5. The van der Waals surface area contributed by atoms with Crippen molar-refractivity contribution in [3.8, 4) is 0 Å². The highest BCUT2D eigenvalue weighted by Crippen LogP contribution is 2.11. The largest absolute Gasteiger partial charge is 0.395 e. The van der Waals surface area contributed by atoms with Gasteiger partial charge in [0.2, 0.25) is 0 Å². The van der Waals surface area contributed by atoms with E-state index in [2.05, 4.69) is 53.7 Å². The van der Waals surface area contributed by atoms with E-state index in [1.807, 2.05) is 0 Å². The first-order valence-corrected chi connectivity index (χ1v) is 20.9. The van der Waals surface area contributed by atoms with Gasteiger partial charge in [-0.1, -0.05) is 154 Å². The molecule has 0 atom stereocenters. The average Bonchev–Trinajstić information content (AvgIpc) is 3.06. The molecule has 0 unspecified atom stereocenters. The predicted octanol–water partition coefficient (Wildman–Crippen LogP) is 11.5. The highest BCUT2D eigenvalue weighted by Gasteiger charge is 2.03. The summed E-state index contributed by atoms with van der Waals surface area (Å²) in [6, 6.07) is 0. The Morgan fingerprint density at radius 2 is 0.674 bits per heavy atom. The van der Waals surface area contributed by atoms with Gasteiger partial charge < -0.3 is 15.7 Å². The number of hydrogen-bond donors (Lipinski definition) is 3. The second-order valence-electron chi connectivity index (χ2n) is 13.9. The molecule has 0 rings (SSSR count). The lowest BCUT2D eigenvalue weighted by Crippen LogP contribution is -2.38. The monoisotopic (exact) mass is 648 g/mol. The number of aliphatic hydroxyl groups is 1. The van der Waals surface area contributed by atoms with Crippen molar-refractivity contribution in [1.82, 2.24) is 15.5 Å². The minimum Gasteiger partial charge on any atom is -0.395 e. The summed E-state index contributed by atoms with van der Waals surface area (Å²) in [5.41, 5.74) is 0. The van der Waals surface area contributed by atoms with Crippen LogP contribution in [0.15, 0.2) is 24.3 Å². The fourth-order valence-corrected chi connectivity index (χ4v) is 6.20. The maximum Gasteiger partial charge on any atom is 0.0558 e. The van der Waals surface area contributed by atoms with Gasteiger partial charge in [0, 0.05) is 32.7 Å². The van der Waals surface area contributed by atoms with Crippen LogP contribution in [0.4, 0.5) is 0 Å². The molecule has 0 aromatic carbocycles. The second-order valence-corrected chi connectivity index (χ2v) is 13.9. The van der Waals surface area contributed by atoms with Crippen LogP contribution in [0.3, 0.4) is 0 Å². The van der Waals surface area contributed by atoms with Crippen molar-refractivity contribution in [2.75, 3.05) is 52.4 Å². The summed E-state index contributed by atoms with van der Waals surface area (Å²) in [7, 11) is 0. The molecule has 0 radical (unpaired) electrons. The summed E-state index contributed by atoms with van der Waals surface area (Å²) < 4.78 is 0. The van der Waals surface area contributed by atoms with Gasteiger partial charge in [0.25, 0.3) is 0 Å². The highest BCUT2D eigenvalue weighted by atomic mass is 16.3. The van der Waals surface area contributed by atoms with Crippen molar-refractivity contribution < 1.29 is 5.11 Å². The number of nitrogens with zero attached hydrogens (tertiary/aromatic N) is 1. The molecule has 0 aliphatic carbocycles. The molecule has 46 heavy (non-hydrogen) atoms. The van der Waals surface area contributed by atoms with E-state index in [4.69, 9.17) is 0 Å². The maximum absolute atomic E-state index is 9.46. The summed E-state index contributed by atoms with van der Waals surface area (Å²) >= 11 is 0. The number of hydrogen-bond acceptors (Lipinski definition) is 4. The molecule has 0 fully saturated rings. The first kappa shape index (κ1) is 45.3. The van der Waals surface area contributed by atoms with Crippen molar-refractivity contribution in [3.63, 3.8) is 0 Å². The van der Waals surface area contributed by atoms with Gasteiger partial charge in [-0.25, -0.2) is 0 Å². The zero-order valence-corrected chi connectivity index (χ0v) is 31.7. The van der Waals surface area contributed by atoms with E-state index in [1.54, 1.807) is 0 Å². The minimum atomic E-state index is 0.254. The van der Waals surface area contributed by atoms with Crippen LogP contribution in [0.1, 0.15) is 194 Å². The van der Waals surface area contributed by atoms with Crippen LogP contribution in [0, 0.1) is 0 Å². The fraction of sp³-hybridized carbons (Fsp3) is 0.905. The third-order valence-corrected chi connectivity index (χ3v) is 9.36. The SMILES string of the molecule is CCCCCCCC/C=C\CCCCCCCCNCCN(CCO)CCNCCCCCCCC/C=C\CCCCCCCC. The van der Waals surface area contributed by atoms with Crippen LogP contribution in [-0.4, -0.2) is 62.4 Å². The molecule has 0 aliphatic rings. The molecule has 0 aromatic rings. The van der Waals surface area contributed by atoms with Crippen molar-refractivity contribution in [2.24, 2.45) is 0 Å². The van der Waals surface area contributed by atoms with Crippen molar-refractivity contribution in [1.29, 1.82) is 0 Å². The van der Waals surface area contributed by atoms with Crippen molar-refractivity contribution in [3.05, 3.63) is 24.3 Å². The molecule has 0 saturated carbocycles. The number of rotatable bonds is 40. The minimum absolute atomic E-state index is 0.254. The molecule has 0 amide bonds. The van der Waals surface area contributed by atoms with E-state index in [1.165, 1.54) is 180 Å². The lowest BCUT2D eigenvalue weighted by molar-refractivity contribution is 0.196. The Bertz CT molecular complexity index is 545. The molecule has 3 N–H and O–H groups in total. The van der Waals surface area contributed by atoms with E-state index in [0.29, 0.717) is 0 Å². The maximum atomic E-state index is 9.46. The summed E-state index contributed by atoms with van der Waals surface area (Å²) in [6.07, 6.45) is 47.9. The van der Waals surface area contributed by atoms with Crippen LogP contribution in [0.5, 0.6) is 0 Å². The fourth-order valence-electron chi connectivity index (χ4n) is 6.20. The van der Waals surface area contributed by atoms with E-state index in [9.17, 15) is 5.11 Å². The number of nitrogens with one attached hydrogen (secondary N) is 2. The second kappa shape index (κ2) is 42.3. The van der Waals surface area contributed by atoms with Gasteiger partial charge in [-0.2, -0.15) is 0 Å². The predicted molar refractivity (Wildman–Crippen MR) is 208 cm³/mol. The van der Waals surface area contributed by atoms with E-state index in [0.717, 1.165) is 45.8 Å². The van der Waals surface area contributed by atoms with E-state index in [-0.39, 0.29) is 6.61 Å². The molecule has 0 spiro atoms. The van der Waals surface area contributed by atoms with Gasteiger partial charge in [-0.3, -0.25) is 4.90 Å². The molecule has 0 saturated heterocycles. The number of aliphatic hydroxyl groups excluding tert-OH is 1. The van der Waals surface area contributed by atoms with Crippen molar-refractivity contribution in [2.45, 2.75) is 194 Å². The summed E-state index contributed by atoms with van der Waals surface area (Å²) in [6.45, 7) is 12.0. The zero-order chi connectivity index (χ0) is 33.3. The Kier molecular flexibility index (Phi) is 41.7. The van der Waals surface area contributed by atoms with Gasteiger partial charge in [0.15, 0.2) is 0 Å². The van der Waals surface area contributed by atoms with Gasteiger partial charge >= 0.3 is 0 Å². The van der Waals surface area contributed by atoms with Crippen LogP contribution in [0.25, 0.3) is 0 Å². The Morgan fingerprint density at radius 1 is 0.370 bits per heavy atom. The lowest BCUT2D eigenvalue weighted by Gasteiger charge is -2.21. The van der Waals surface area contributed by atoms with E-state index < -0.39 is 0 Å². The van der Waals surface area contributed by atoms with Gasteiger partial charge in [0.05, 0.1) is 6.61 Å². The van der Waals surface area contributed by atoms with Gasteiger partial charge in [-0.05, 0) is 77.3 Å². The first-order chi connectivity index (χ1) is 22.8. The molecule has 4 nitrogen and oxygen atoms in total. The average molecular weight is 648 g/mol.